The number of rotatable bonds is 3. The van der Waals surface area contributed by atoms with Crippen molar-refractivity contribution < 1.29 is 19.0 Å². The predicted octanol–water partition coefficient (Wildman–Crippen LogP) is 3.93. The Kier molecular flexibility index (Phi) is 4.30. The summed E-state index contributed by atoms with van der Waals surface area (Å²) in [5.74, 6) is 1.42. The molecule has 1 aliphatic heterocycles. The van der Waals surface area contributed by atoms with Crippen LogP contribution >= 0.6 is 34.2 Å². The first kappa shape index (κ1) is 15.2. The van der Waals surface area contributed by atoms with Crippen LogP contribution in [0.5, 0.6) is 17.2 Å². The average molecular weight is 432 g/mol. The average Bonchev–Trinajstić information content (AvgIpc) is 2.97. The van der Waals surface area contributed by atoms with Crippen LogP contribution in [-0.4, -0.2) is 19.8 Å². The number of halogens is 2. The summed E-state index contributed by atoms with van der Waals surface area (Å²) in [6, 6.07) is 8.51. The second-order valence-electron chi connectivity index (χ2n) is 4.49. The molecule has 7 heteroatoms. The lowest BCUT2D eigenvalue weighted by Crippen LogP contribution is -2.13. The monoisotopic (exact) mass is 431 g/mol. The zero-order valence-corrected chi connectivity index (χ0v) is 14.4. The molecule has 1 aliphatic rings. The minimum absolute atomic E-state index is 0.188. The highest BCUT2D eigenvalue weighted by Crippen LogP contribution is 2.35. The fourth-order valence-electron chi connectivity index (χ4n) is 2.05. The minimum Gasteiger partial charge on any atom is -0.496 e. The molecule has 0 unspecified atom stereocenters. The number of methoxy groups -OCH3 is 1. The molecule has 0 aromatic heterocycles. The molecule has 0 fully saturated rings. The number of fused-ring (bicyclic) bond motifs is 1. The number of hydrogen-bond donors (Lipinski definition) is 1. The molecular weight excluding hydrogens is 421 g/mol. The van der Waals surface area contributed by atoms with Crippen molar-refractivity contribution in [1.82, 2.24) is 0 Å². The van der Waals surface area contributed by atoms with Crippen molar-refractivity contribution in [1.29, 1.82) is 0 Å². The molecule has 0 aliphatic carbocycles. The summed E-state index contributed by atoms with van der Waals surface area (Å²) in [5.41, 5.74) is 0.969. The molecule has 0 saturated heterocycles. The normalized spacial score (nSPS) is 12.1. The Balaban J connectivity index is 1.87. The van der Waals surface area contributed by atoms with E-state index in [1.807, 2.05) is 0 Å². The van der Waals surface area contributed by atoms with E-state index < -0.39 is 0 Å². The Labute approximate surface area is 145 Å². The molecule has 0 atom stereocenters. The molecule has 0 spiro atoms. The van der Waals surface area contributed by atoms with E-state index in [2.05, 4.69) is 27.9 Å². The lowest BCUT2D eigenvalue weighted by molar-refractivity contribution is 0.102. The number of nitrogens with one attached hydrogen (secondary N) is 1. The van der Waals surface area contributed by atoms with Gasteiger partial charge in [0.05, 0.1) is 17.7 Å². The van der Waals surface area contributed by atoms with E-state index in [1.165, 1.54) is 7.11 Å². The van der Waals surface area contributed by atoms with Crippen molar-refractivity contribution in [2.45, 2.75) is 0 Å². The van der Waals surface area contributed by atoms with Gasteiger partial charge in [0.25, 0.3) is 5.91 Å². The van der Waals surface area contributed by atoms with Crippen molar-refractivity contribution >= 4 is 45.8 Å². The summed E-state index contributed by atoms with van der Waals surface area (Å²) in [5, 5.41) is 3.29. The molecule has 2 aromatic carbocycles. The first-order valence-electron chi connectivity index (χ1n) is 6.32. The largest absolute Gasteiger partial charge is 0.496 e. The van der Waals surface area contributed by atoms with E-state index in [9.17, 15) is 4.79 Å². The van der Waals surface area contributed by atoms with Crippen LogP contribution in [0, 0.1) is 3.57 Å². The van der Waals surface area contributed by atoms with Gasteiger partial charge < -0.3 is 19.5 Å². The number of carbonyl (C=O) groups excluding carboxylic acids is 1. The number of carbonyl (C=O) groups is 1. The van der Waals surface area contributed by atoms with Gasteiger partial charge in [-0.05, 0) is 46.9 Å². The van der Waals surface area contributed by atoms with Crippen LogP contribution in [0.2, 0.25) is 5.02 Å². The van der Waals surface area contributed by atoms with Crippen LogP contribution in [0.1, 0.15) is 10.4 Å². The molecular formula is C15H11ClINO4. The fraction of sp³-hybridized carbons (Fsp3) is 0.133. The summed E-state index contributed by atoms with van der Waals surface area (Å²) in [6.07, 6.45) is 0. The van der Waals surface area contributed by atoms with E-state index in [0.717, 1.165) is 3.57 Å². The van der Waals surface area contributed by atoms with E-state index in [1.54, 1.807) is 30.3 Å². The zero-order valence-electron chi connectivity index (χ0n) is 11.5. The third kappa shape index (κ3) is 2.93. The third-order valence-electron chi connectivity index (χ3n) is 3.12. The second kappa shape index (κ2) is 6.21. The van der Waals surface area contributed by atoms with Crippen LogP contribution in [0.4, 0.5) is 5.69 Å². The standard InChI is InChI=1S/C15H11ClINO4/c1-20-13-6-11(17)10(16)5-9(13)15(19)18-8-2-3-12-14(4-8)22-7-21-12/h2-6H,7H2,1H3,(H,18,19). The molecule has 22 heavy (non-hydrogen) atoms. The van der Waals surface area contributed by atoms with Crippen molar-refractivity contribution in [2.24, 2.45) is 0 Å². The van der Waals surface area contributed by atoms with Crippen LogP contribution < -0.4 is 19.5 Å². The lowest BCUT2D eigenvalue weighted by atomic mass is 10.1. The van der Waals surface area contributed by atoms with Crippen LogP contribution in [-0.2, 0) is 0 Å². The first-order valence-corrected chi connectivity index (χ1v) is 7.78. The van der Waals surface area contributed by atoms with Crippen molar-refractivity contribution in [3.63, 3.8) is 0 Å². The number of benzene rings is 2. The Bertz CT molecular complexity index is 751. The Morgan fingerprint density at radius 1 is 1.27 bits per heavy atom. The highest BCUT2D eigenvalue weighted by atomic mass is 127. The topological polar surface area (TPSA) is 56.8 Å². The molecule has 3 rings (SSSR count). The summed E-state index contributed by atoms with van der Waals surface area (Å²) in [4.78, 5) is 12.4. The van der Waals surface area contributed by atoms with Gasteiger partial charge in [-0.2, -0.15) is 0 Å². The van der Waals surface area contributed by atoms with Gasteiger partial charge >= 0.3 is 0 Å². The maximum atomic E-state index is 12.4. The molecule has 0 saturated carbocycles. The summed E-state index contributed by atoms with van der Waals surface area (Å²) >= 11 is 8.17. The third-order valence-corrected chi connectivity index (χ3v) is 4.64. The molecule has 1 heterocycles. The van der Waals surface area contributed by atoms with Gasteiger partial charge in [0, 0.05) is 15.3 Å². The molecule has 114 valence electrons. The Morgan fingerprint density at radius 3 is 2.82 bits per heavy atom. The van der Waals surface area contributed by atoms with Crippen LogP contribution in [0.3, 0.4) is 0 Å². The first-order chi connectivity index (χ1) is 10.6. The van der Waals surface area contributed by atoms with Gasteiger partial charge in [0.15, 0.2) is 11.5 Å². The molecule has 1 amide bonds. The maximum Gasteiger partial charge on any atom is 0.259 e. The van der Waals surface area contributed by atoms with E-state index in [-0.39, 0.29) is 12.7 Å². The summed E-state index contributed by atoms with van der Waals surface area (Å²) in [6.45, 7) is 0.188. The van der Waals surface area contributed by atoms with Crippen molar-refractivity contribution in [2.75, 3.05) is 19.2 Å². The van der Waals surface area contributed by atoms with E-state index in [4.69, 9.17) is 25.8 Å². The van der Waals surface area contributed by atoms with Gasteiger partial charge in [0.1, 0.15) is 5.75 Å². The highest BCUT2D eigenvalue weighted by Gasteiger charge is 2.18. The van der Waals surface area contributed by atoms with E-state index in [0.29, 0.717) is 33.5 Å². The number of anilines is 1. The molecule has 1 N–H and O–H groups in total. The van der Waals surface area contributed by atoms with Gasteiger partial charge in [-0.1, -0.05) is 11.6 Å². The quantitative estimate of drug-likeness (QED) is 0.748. The van der Waals surface area contributed by atoms with Gasteiger partial charge in [0.2, 0.25) is 6.79 Å². The van der Waals surface area contributed by atoms with Crippen molar-refractivity contribution in [3.05, 3.63) is 44.5 Å². The number of hydrogen-bond acceptors (Lipinski definition) is 4. The SMILES string of the molecule is COc1cc(I)c(Cl)cc1C(=O)Nc1ccc2c(c1)OCO2. The summed E-state index contributed by atoms with van der Waals surface area (Å²) in [7, 11) is 1.51. The fourth-order valence-corrected chi connectivity index (χ4v) is 2.65. The van der Waals surface area contributed by atoms with Gasteiger partial charge in [-0.3, -0.25) is 4.79 Å². The summed E-state index contributed by atoms with van der Waals surface area (Å²) < 4.78 is 16.6. The lowest BCUT2D eigenvalue weighted by Gasteiger charge is -2.11. The van der Waals surface area contributed by atoms with Crippen molar-refractivity contribution in [3.8, 4) is 17.2 Å². The predicted molar refractivity (Wildman–Crippen MR) is 91.2 cm³/mol. The molecule has 5 nitrogen and oxygen atoms in total. The molecule has 2 aromatic rings. The van der Waals surface area contributed by atoms with E-state index >= 15 is 0 Å². The van der Waals surface area contributed by atoms with Gasteiger partial charge in [-0.25, -0.2) is 0 Å². The highest BCUT2D eigenvalue weighted by molar-refractivity contribution is 14.1. The van der Waals surface area contributed by atoms with Gasteiger partial charge in [-0.15, -0.1) is 0 Å². The number of ether oxygens (including phenoxy) is 3. The second-order valence-corrected chi connectivity index (χ2v) is 6.06. The van der Waals surface area contributed by atoms with Crippen LogP contribution in [0.25, 0.3) is 0 Å². The van der Waals surface area contributed by atoms with Crippen LogP contribution in [0.15, 0.2) is 30.3 Å². The smallest absolute Gasteiger partial charge is 0.259 e. The minimum atomic E-state index is -0.311. The maximum absolute atomic E-state index is 12.4. The molecule has 0 radical (unpaired) electrons. The Hall–Kier alpha value is -1.67. The Morgan fingerprint density at radius 2 is 2.05 bits per heavy atom. The molecule has 0 bridgehead atoms. The zero-order chi connectivity index (χ0) is 15.7. The number of amides is 1.